The molecule has 2 saturated heterocycles. The second-order valence-corrected chi connectivity index (χ2v) is 8.34. The molecule has 18 heavy (non-hydrogen) atoms. The molecule has 0 radical (unpaired) electrons. The first-order valence-corrected chi connectivity index (χ1v) is 8.40. The van der Waals surface area contributed by atoms with Crippen LogP contribution < -0.4 is 5.73 Å². The van der Waals surface area contributed by atoms with Crippen molar-refractivity contribution in [2.45, 2.75) is 37.8 Å². The molecule has 2 aliphatic heterocycles. The molecule has 0 saturated carbocycles. The van der Waals surface area contributed by atoms with Gasteiger partial charge in [0.1, 0.15) is 0 Å². The molecule has 1 atom stereocenters. The van der Waals surface area contributed by atoms with Crippen LogP contribution in [0.2, 0.25) is 0 Å². The van der Waals surface area contributed by atoms with Gasteiger partial charge in [0, 0.05) is 25.2 Å². The lowest BCUT2D eigenvalue weighted by Gasteiger charge is -2.50. The molecule has 2 fully saturated rings. The number of sulfone groups is 1. The van der Waals surface area contributed by atoms with Crippen LogP contribution in [0.5, 0.6) is 0 Å². The van der Waals surface area contributed by atoms with E-state index in [2.05, 4.69) is 4.90 Å². The first-order valence-electron chi connectivity index (χ1n) is 6.58. The maximum absolute atomic E-state index is 11.9. The highest BCUT2D eigenvalue weighted by molar-refractivity contribution is 7.91. The minimum atomic E-state index is -2.95. The van der Waals surface area contributed by atoms with Gasteiger partial charge in [0.2, 0.25) is 0 Å². The molecule has 2 rings (SSSR count). The van der Waals surface area contributed by atoms with Crippen molar-refractivity contribution in [2.75, 3.05) is 37.7 Å². The fraction of sp³-hybridized carbons (Fsp3) is 1.00. The zero-order valence-corrected chi connectivity index (χ0v) is 12.1. The van der Waals surface area contributed by atoms with Gasteiger partial charge in [-0.3, -0.25) is 4.90 Å². The number of hydrogen-bond donors (Lipinski definition) is 1. The average Bonchev–Trinajstić information content (AvgIpc) is 2.26. The maximum Gasteiger partial charge on any atom is 0.152 e. The zero-order chi connectivity index (χ0) is 13.4. The molecule has 0 aromatic rings. The summed E-state index contributed by atoms with van der Waals surface area (Å²) >= 11 is 0. The predicted octanol–water partition coefficient (Wildman–Crippen LogP) is 0.00330. The summed E-state index contributed by atoms with van der Waals surface area (Å²) in [4.78, 5) is 2.24. The Morgan fingerprint density at radius 1 is 1.39 bits per heavy atom. The van der Waals surface area contributed by atoms with Crippen molar-refractivity contribution < 1.29 is 13.2 Å². The number of rotatable bonds is 2. The van der Waals surface area contributed by atoms with E-state index in [0.717, 1.165) is 25.9 Å². The fourth-order valence-corrected chi connectivity index (χ4v) is 5.13. The number of hydrogen-bond acceptors (Lipinski definition) is 5. The molecule has 0 spiro atoms. The van der Waals surface area contributed by atoms with E-state index in [1.807, 2.05) is 13.8 Å². The van der Waals surface area contributed by atoms with Gasteiger partial charge in [-0.05, 0) is 26.7 Å². The zero-order valence-electron chi connectivity index (χ0n) is 11.3. The van der Waals surface area contributed by atoms with Crippen molar-refractivity contribution in [3.8, 4) is 0 Å². The van der Waals surface area contributed by atoms with Gasteiger partial charge in [0.05, 0.1) is 23.7 Å². The van der Waals surface area contributed by atoms with Crippen LogP contribution in [-0.2, 0) is 14.6 Å². The molecule has 5 nitrogen and oxygen atoms in total. The van der Waals surface area contributed by atoms with Crippen LogP contribution in [-0.4, -0.2) is 62.2 Å². The normalized spacial score (nSPS) is 36.4. The second kappa shape index (κ2) is 4.74. The van der Waals surface area contributed by atoms with E-state index in [1.54, 1.807) is 0 Å². The van der Waals surface area contributed by atoms with Gasteiger partial charge in [0.25, 0.3) is 0 Å². The SMILES string of the molecule is CC1(C)CN(C2(CN)CCCS(=O)(=O)C2)CCO1. The van der Waals surface area contributed by atoms with Crippen molar-refractivity contribution in [3.63, 3.8) is 0 Å². The lowest BCUT2D eigenvalue weighted by atomic mass is 9.90. The molecule has 2 N–H and O–H groups in total. The predicted molar refractivity (Wildman–Crippen MR) is 71.3 cm³/mol. The largest absolute Gasteiger partial charge is 0.373 e. The molecule has 0 aromatic heterocycles. The maximum atomic E-state index is 11.9. The third-order valence-electron chi connectivity index (χ3n) is 4.06. The van der Waals surface area contributed by atoms with Gasteiger partial charge in [-0.15, -0.1) is 0 Å². The lowest BCUT2D eigenvalue weighted by molar-refractivity contribution is -0.113. The molecule has 2 aliphatic rings. The fourth-order valence-electron chi connectivity index (χ4n) is 3.14. The van der Waals surface area contributed by atoms with Crippen LogP contribution in [0.25, 0.3) is 0 Å². The number of morpholine rings is 1. The molecular formula is C12H24N2O3S. The highest BCUT2D eigenvalue weighted by Crippen LogP contribution is 2.32. The number of nitrogens with zero attached hydrogens (tertiary/aromatic N) is 1. The number of ether oxygens (including phenoxy) is 1. The van der Waals surface area contributed by atoms with Crippen LogP contribution in [0, 0.1) is 0 Å². The quantitative estimate of drug-likeness (QED) is 0.769. The molecule has 0 bridgehead atoms. The summed E-state index contributed by atoms with van der Waals surface area (Å²) in [7, 11) is -2.95. The highest BCUT2D eigenvalue weighted by atomic mass is 32.2. The van der Waals surface area contributed by atoms with Gasteiger partial charge >= 0.3 is 0 Å². The van der Waals surface area contributed by atoms with E-state index < -0.39 is 9.84 Å². The Kier molecular flexibility index (Phi) is 3.75. The Bertz CT molecular complexity index is 408. The smallest absolute Gasteiger partial charge is 0.152 e. The third-order valence-corrected chi connectivity index (χ3v) is 5.95. The van der Waals surface area contributed by atoms with Gasteiger partial charge in [0.15, 0.2) is 9.84 Å². The molecular weight excluding hydrogens is 252 g/mol. The Morgan fingerprint density at radius 3 is 2.67 bits per heavy atom. The summed E-state index contributed by atoms with van der Waals surface area (Å²) in [5.74, 6) is 0.509. The Morgan fingerprint density at radius 2 is 2.11 bits per heavy atom. The van der Waals surface area contributed by atoms with Crippen molar-refractivity contribution in [1.29, 1.82) is 0 Å². The van der Waals surface area contributed by atoms with Crippen LogP contribution >= 0.6 is 0 Å². The summed E-state index contributed by atoms with van der Waals surface area (Å²) in [6.45, 7) is 6.66. The minimum absolute atomic E-state index is 0.201. The van der Waals surface area contributed by atoms with E-state index in [1.165, 1.54) is 0 Å². The van der Waals surface area contributed by atoms with E-state index >= 15 is 0 Å². The molecule has 1 unspecified atom stereocenters. The average molecular weight is 276 g/mol. The van der Waals surface area contributed by atoms with Crippen LogP contribution in [0.4, 0.5) is 0 Å². The molecule has 2 heterocycles. The first kappa shape index (κ1) is 14.2. The second-order valence-electron chi connectivity index (χ2n) is 6.15. The highest BCUT2D eigenvalue weighted by Gasteiger charge is 2.45. The van der Waals surface area contributed by atoms with E-state index in [0.29, 0.717) is 18.9 Å². The molecule has 0 aliphatic carbocycles. The van der Waals surface area contributed by atoms with Gasteiger partial charge < -0.3 is 10.5 Å². The van der Waals surface area contributed by atoms with Gasteiger partial charge in [-0.1, -0.05) is 0 Å². The summed E-state index contributed by atoms with van der Waals surface area (Å²) in [5.41, 5.74) is 5.33. The van der Waals surface area contributed by atoms with E-state index in [-0.39, 0.29) is 16.9 Å². The summed E-state index contributed by atoms with van der Waals surface area (Å²) < 4.78 is 29.5. The lowest BCUT2D eigenvalue weighted by Crippen LogP contribution is -2.65. The van der Waals surface area contributed by atoms with Crippen molar-refractivity contribution >= 4 is 9.84 Å². The molecule has 6 heteroatoms. The van der Waals surface area contributed by atoms with Gasteiger partial charge in [-0.25, -0.2) is 8.42 Å². The van der Waals surface area contributed by atoms with Crippen LogP contribution in [0.3, 0.4) is 0 Å². The summed E-state index contributed by atoms with van der Waals surface area (Å²) in [5, 5.41) is 0. The Balaban J connectivity index is 2.21. The molecule has 0 amide bonds. The van der Waals surface area contributed by atoms with E-state index in [4.69, 9.17) is 10.5 Å². The molecule has 106 valence electrons. The van der Waals surface area contributed by atoms with Crippen molar-refractivity contribution in [2.24, 2.45) is 5.73 Å². The standard InChI is InChI=1S/C12H24N2O3S/c1-11(2)9-14(5-6-17-11)12(8-13)4-3-7-18(15,16)10-12/h3-10,13H2,1-2H3. The Hall–Kier alpha value is -0.170. The first-order chi connectivity index (χ1) is 8.29. The minimum Gasteiger partial charge on any atom is -0.373 e. The van der Waals surface area contributed by atoms with E-state index in [9.17, 15) is 8.42 Å². The summed E-state index contributed by atoms with van der Waals surface area (Å²) in [6.07, 6.45) is 1.59. The van der Waals surface area contributed by atoms with Crippen LogP contribution in [0.1, 0.15) is 26.7 Å². The Labute approximate surface area is 110 Å². The third kappa shape index (κ3) is 2.87. The topological polar surface area (TPSA) is 72.6 Å². The van der Waals surface area contributed by atoms with Crippen LogP contribution in [0.15, 0.2) is 0 Å². The van der Waals surface area contributed by atoms with Crippen molar-refractivity contribution in [1.82, 2.24) is 4.90 Å². The van der Waals surface area contributed by atoms with Crippen molar-refractivity contribution in [3.05, 3.63) is 0 Å². The molecule has 0 aromatic carbocycles. The van der Waals surface area contributed by atoms with Gasteiger partial charge in [-0.2, -0.15) is 0 Å². The summed E-state index contributed by atoms with van der Waals surface area (Å²) in [6, 6.07) is 0. The number of nitrogens with two attached hydrogens (primary N) is 1. The monoisotopic (exact) mass is 276 g/mol.